The normalized spacial score (nSPS) is 9.64. The van der Waals surface area contributed by atoms with Gasteiger partial charge in [-0.25, -0.2) is 4.39 Å². The van der Waals surface area contributed by atoms with E-state index < -0.39 is 0 Å². The molecule has 0 aliphatic carbocycles. The number of benzene rings is 1. The van der Waals surface area contributed by atoms with Crippen LogP contribution in [0.1, 0.15) is 11.1 Å². The van der Waals surface area contributed by atoms with Gasteiger partial charge in [-0.2, -0.15) is 0 Å². The van der Waals surface area contributed by atoms with E-state index >= 15 is 0 Å². The lowest BCUT2D eigenvalue weighted by molar-refractivity contribution is 0.618. The third kappa shape index (κ3) is 1.74. The quantitative estimate of drug-likeness (QED) is 0.648. The van der Waals surface area contributed by atoms with Gasteiger partial charge in [0.1, 0.15) is 10.8 Å². The van der Waals surface area contributed by atoms with E-state index in [0.717, 1.165) is 0 Å². The van der Waals surface area contributed by atoms with Crippen LogP contribution < -0.4 is 5.73 Å². The number of thiocarbonyl (C=S) groups is 1. The molecule has 58 valence electrons. The fraction of sp³-hybridized carbons (Fsp3) is 0.125. The first-order valence-corrected chi connectivity index (χ1v) is 3.58. The van der Waals surface area contributed by atoms with Gasteiger partial charge in [-0.1, -0.05) is 12.2 Å². The first kappa shape index (κ1) is 8.14. The van der Waals surface area contributed by atoms with Crippen LogP contribution in [0.3, 0.4) is 0 Å². The second-order valence-corrected chi connectivity index (χ2v) is 2.77. The highest BCUT2D eigenvalue weighted by molar-refractivity contribution is 7.80. The van der Waals surface area contributed by atoms with Gasteiger partial charge in [-0.3, -0.25) is 0 Å². The van der Waals surface area contributed by atoms with E-state index in [1.165, 1.54) is 6.07 Å². The predicted octanol–water partition coefficient (Wildman–Crippen LogP) is 1.77. The zero-order chi connectivity index (χ0) is 8.43. The average molecular weight is 169 g/mol. The molecule has 0 unspecified atom stereocenters. The Morgan fingerprint density at radius 2 is 2.18 bits per heavy atom. The van der Waals surface area contributed by atoms with Crippen molar-refractivity contribution in [3.8, 4) is 0 Å². The van der Waals surface area contributed by atoms with E-state index in [9.17, 15) is 4.39 Å². The summed E-state index contributed by atoms with van der Waals surface area (Å²) in [6.07, 6.45) is 0. The zero-order valence-corrected chi connectivity index (χ0v) is 6.91. The third-order valence-electron chi connectivity index (χ3n) is 1.44. The van der Waals surface area contributed by atoms with Crippen molar-refractivity contribution in [1.82, 2.24) is 0 Å². The molecule has 2 N–H and O–H groups in total. The van der Waals surface area contributed by atoms with Gasteiger partial charge in [0, 0.05) is 5.56 Å². The van der Waals surface area contributed by atoms with Crippen LogP contribution in [0.15, 0.2) is 18.2 Å². The van der Waals surface area contributed by atoms with Gasteiger partial charge in [-0.05, 0) is 30.7 Å². The summed E-state index contributed by atoms with van der Waals surface area (Å²) < 4.78 is 12.7. The smallest absolute Gasteiger partial charge is 0.126 e. The molecule has 11 heavy (non-hydrogen) atoms. The van der Waals surface area contributed by atoms with Gasteiger partial charge in [0.2, 0.25) is 0 Å². The summed E-state index contributed by atoms with van der Waals surface area (Å²) in [6.45, 7) is 1.68. The minimum Gasteiger partial charge on any atom is -0.389 e. The maximum atomic E-state index is 12.7. The molecule has 1 rings (SSSR count). The summed E-state index contributed by atoms with van der Waals surface area (Å²) in [5.41, 5.74) is 6.61. The molecule has 1 aromatic rings. The van der Waals surface area contributed by atoms with Crippen molar-refractivity contribution in [3.05, 3.63) is 35.1 Å². The molecule has 0 aromatic heterocycles. The highest BCUT2D eigenvalue weighted by Gasteiger charge is 1.99. The van der Waals surface area contributed by atoms with Crippen molar-refractivity contribution >= 4 is 17.2 Å². The van der Waals surface area contributed by atoms with Gasteiger partial charge in [-0.15, -0.1) is 0 Å². The Kier molecular flexibility index (Phi) is 2.19. The Balaban J connectivity index is 3.15. The monoisotopic (exact) mass is 169 g/mol. The van der Waals surface area contributed by atoms with E-state index in [2.05, 4.69) is 0 Å². The second kappa shape index (κ2) is 2.96. The van der Waals surface area contributed by atoms with Crippen molar-refractivity contribution in [2.75, 3.05) is 0 Å². The molecule has 0 heterocycles. The Hall–Kier alpha value is -0.960. The van der Waals surface area contributed by atoms with Crippen molar-refractivity contribution in [2.45, 2.75) is 6.92 Å². The van der Waals surface area contributed by atoms with E-state index in [-0.39, 0.29) is 5.82 Å². The van der Waals surface area contributed by atoms with Crippen LogP contribution in [0, 0.1) is 12.7 Å². The summed E-state index contributed by atoms with van der Waals surface area (Å²) in [5.74, 6) is -0.231. The molecule has 0 fully saturated rings. The maximum absolute atomic E-state index is 12.7. The van der Waals surface area contributed by atoms with Crippen LogP contribution in [0.2, 0.25) is 0 Å². The standard InChI is InChI=1S/C8H8FNS/c1-5-4-6(8(10)11)2-3-7(5)9/h2-4H,1H3,(H2,10,11). The van der Waals surface area contributed by atoms with E-state index in [1.807, 2.05) is 0 Å². The summed E-state index contributed by atoms with van der Waals surface area (Å²) in [5, 5.41) is 0. The van der Waals surface area contributed by atoms with E-state index in [4.69, 9.17) is 18.0 Å². The summed E-state index contributed by atoms with van der Waals surface area (Å²) in [6, 6.07) is 4.58. The molecule has 0 radical (unpaired) electrons. The van der Waals surface area contributed by atoms with Crippen LogP contribution in [0.4, 0.5) is 4.39 Å². The summed E-state index contributed by atoms with van der Waals surface area (Å²) in [7, 11) is 0. The van der Waals surface area contributed by atoms with E-state index in [1.54, 1.807) is 19.1 Å². The molecule has 0 amide bonds. The lowest BCUT2D eigenvalue weighted by Gasteiger charge is -1.99. The number of nitrogens with two attached hydrogens (primary N) is 1. The van der Waals surface area contributed by atoms with Crippen LogP contribution in [-0.2, 0) is 0 Å². The summed E-state index contributed by atoms with van der Waals surface area (Å²) >= 11 is 4.72. The van der Waals surface area contributed by atoms with Gasteiger partial charge in [0.15, 0.2) is 0 Å². The molecule has 0 aliphatic heterocycles. The molecule has 0 atom stereocenters. The molecule has 0 saturated carbocycles. The van der Waals surface area contributed by atoms with E-state index in [0.29, 0.717) is 16.1 Å². The Bertz CT molecular complexity index is 296. The number of aryl methyl sites for hydroxylation is 1. The highest BCUT2D eigenvalue weighted by Crippen LogP contribution is 2.08. The van der Waals surface area contributed by atoms with Crippen LogP contribution in [0.5, 0.6) is 0 Å². The maximum Gasteiger partial charge on any atom is 0.126 e. The minimum absolute atomic E-state index is 0.231. The fourth-order valence-electron chi connectivity index (χ4n) is 0.798. The topological polar surface area (TPSA) is 26.0 Å². The minimum atomic E-state index is -0.231. The Labute approximate surface area is 70.0 Å². The fourth-order valence-corrected chi connectivity index (χ4v) is 0.925. The van der Waals surface area contributed by atoms with Gasteiger partial charge < -0.3 is 5.73 Å². The Morgan fingerprint density at radius 1 is 1.55 bits per heavy atom. The van der Waals surface area contributed by atoms with Crippen LogP contribution in [0.25, 0.3) is 0 Å². The summed E-state index contributed by atoms with van der Waals surface area (Å²) in [4.78, 5) is 0.299. The number of rotatable bonds is 1. The lowest BCUT2D eigenvalue weighted by atomic mass is 10.1. The molecular weight excluding hydrogens is 161 g/mol. The number of hydrogen-bond donors (Lipinski definition) is 1. The van der Waals surface area contributed by atoms with Crippen LogP contribution in [-0.4, -0.2) is 4.99 Å². The Morgan fingerprint density at radius 3 is 2.64 bits per heavy atom. The first-order valence-electron chi connectivity index (χ1n) is 3.17. The number of halogens is 1. The largest absolute Gasteiger partial charge is 0.389 e. The third-order valence-corrected chi connectivity index (χ3v) is 1.68. The SMILES string of the molecule is Cc1cc(C(N)=S)ccc1F. The molecule has 1 nitrogen and oxygen atoms in total. The molecule has 0 aliphatic rings. The highest BCUT2D eigenvalue weighted by atomic mass is 32.1. The zero-order valence-electron chi connectivity index (χ0n) is 6.10. The number of hydrogen-bond acceptors (Lipinski definition) is 1. The molecule has 0 saturated heterocycles. The van der Waals surface area contributed by atoms with Crippen molar-refractivity contribution < 1.29 is 4.39 Å². The van der Waals surface area contributed by atoms with Gasteiger partial charge in [0.25, 0.3) is 0 Å². The second-order valence-electron chi connectivity index (χ2n) is 2.33. The molecule has 1 aromatic carbocycles. The first-order chi connectivity index (χ1) is 5.11. The molecule has 0 bridgehead atoms. The van der Waals surface area contributed by atoms with Gasteiger partial charge >= 0.3 is 0 Å². The molecule has 3 heteroatoms. The average Bonchev–Trinajstić information content (AvgIpc) is 1.94. The predicted molar refractivity (Wildman–Crippen MR) is 47.0 cm³/mol. The van der Waals surface area contributed by atoms with Gasteiger partial charge in [0.05, 0.1) is 0 Å². The molecule has 0 spiro atoms. The van der Waals surface area contributed by atoms with Crippen LogP contribution >= 0.6 is 12.2 Å². The lowest BCUT2D eigenvalue weighted by Crippen LogP contribution is -2.09. The van der Waals surface area contributed by atoms with Crippen molar-refractivity contribution in [3.63, 3.8) is 0 Å². The van der Waals surface area contributed by atoms with Crippen molar-refractivity contribution in [1.29, 1.82) is 0 Å². The molecular formula is C8H8FNS. The van der Waals surface area contributed by atoms with Crippen molar-refractivity contribution in [2.24, 2.45) is 5.73 Å².